The molecule has 1 aliphatic heterocycles. The number of rotatable bonds is 4. The highest BCUT2D eigenvalue weighted by molar-refractivity contribution is 7.98. The van der Waals surface area contributed by atoms with Crippen molar-refractivity contribution in [2.24, 2.45) is 0 Å². The predicted octanol–water partition coefficient (Wildman–Crippen LogP) is 3.51. The van der Waals surface area contributed by atoms with Crippen molar-refractivity contribution in [3.05, 3.63) is 48.0 Å². The second-order valence-electron chi connectivity index (χ2n) is 4.83. The van der Waals surface area contributed by atoms with E-state index in [0.29, 0.717) is 5.75 Å². The molecule has 0 bridgehead atoms. The Kier molecular flexibility index (Phi) is 4.16. The Morgan fingerprint density at radius 2 is 2.00 bits per heavy atom. The molecule has 0 aliphatic carbocycles. The molecule has 0 atom stereocenters. The van der Waals surface area contributed by atoms with Gasteiger partial charge in [-0.3, -0.25) is 0 Å². The first-order chi connectivity index (χ1) is 9.81. The highest BCUT2D eigenvalue weighted by atomic mass is 32.2. The second-order valence-corrected chi connectivity index (χ2v) is 5.82. The molecule has 1 fully saturated rings. The molecule has 1 aliphatic rings. The van der Waals surface area contributed by atoms with Crippen molar-refractivity contribution in [2.75, 3.05) is 18.0 Å². The minimum absolute atomic E-state index is 0.191. The number of benzene rings is 1. The molecule has 1 aromatic carbocycles. The molecule has 0 radical (unpaired) electrons. The number of halogens is 1. The molecular formula is C15H16FN3S. The number of aromatic nitrogens is 2. The van der Waals surface area contributed by atoms with Crippen LogP contribution in [0.25, 0.3) is 0 Å². The molecule has 0 saturated carbocycles. The van der Waals surface area contributed by atoms with Gasteiger partial charge in [-0.15, -0.1) is 11.8 Å². The van der Waals surface area contributed by atoms with Gasteiger partial charge in [0.1, 0.15) is 23.0 Å². The molecule has 1 saturated heterocycles. The summed E-state index contributed by atoms with van der Waals surface area (Å²) in [5.74, 6) is 1.52. The Balaban J connectivity index is 1.66. The van der Waals surface area contributed by atoms with E-state index in [4.69, 9.17) is 0 Å². The van der Waals surface area contributed by atoms with Crippen LogP contribution in [0.4, 0.5) is 10.2 Å². The topological polar surface area (TPSA) is 29.0 Å². The normalized spacial score (nSPS) is 14.8. The van der Waals surface area contributed by atoms with Gasteiger partial charge in [-0.25, -0.2) is 14.4 Å². The highest BCUT2D eigenvalue weighted by Crippen LogP contribution is 2.25. The lowest BCUT2D eigenvalue weighted by molar-refractivity contribution is 0.626. The van der Waals surface area contributed by atoms with Gasteiger partial charge in [0.25, 0.3) is 0 Å². The molecule has 1 aromatic heterocycles. The molecule has 2 aromatic rings. The third-order valence-corrected chi connectivity index (χ3v) is 4.33. The summed E-state index contributed by atoms with van der Waals surface area (Å²) < 4.78 is 13.1. The summed E-state index contributed by atoms with van der Waals surface area (Å²) in [6.07, 6.45) is 4.08. The Labute approximate surface area is 122 Å². The van der Waals surface area contributed by atoms with E-state index in [1.165, 1.54) is 18.9 Å². The van der Waals surface area contributed by atoms with Gasteiger partial charge in [-0.1, -0.05) is 12.1 Å². The molecule has 5 heteroatoms. The molecule has 3 nitrogen and oxygen atoms in total. The van der Waals surface area contributed by atoms with Crippen molar-refractivity contribution in [3.8, 4) is 0 Å². The molecular weight excluding hydrogens is 273 g/mol. The molecule has 2 heterocycles. The first-order valence-corrected chi connectivity index (χ1v) is 7.74. The van der Waals surface area contributed by atoms with Crippen LogP contribution in [0, 0.1) is 5.82 Å². The smallest absolute Gasteiger partial charge is 0.133 e. The van der Waals surface area contributed by atoms with Crippen molar-refractivity contribution in [1.82, 2.24) is 9.97 Å². The van der Waals surface area contributed by atoms with E-state index in [0.717, 1.165) is 29.5 Å². The first-order valence-electron chi connectivity index (χ1n) is 6.75. The molecule has 0 amide bonds. The lowest BCUT2D eigenvalue weighted by Crippen LogP contribution is -2.18. The molecule has 3 rings (SSSR count). The minimum atomic E-state index is -0.191. The summed E-state index contributed by atoms with van der Waals surface area (Å²) >= 11 is 1.61. The van der Waals surface area contributed by atoms with Crippen LogP contribution in [0.2, 0.25) is 0 Å². The van der Waals surface area contributed by atoms with Gasteiger partial charge in [0.2, 0.25) is 0 Å². The monoisotopic (exact) mass is 289 g/mol. The van der Waals surface area contributed by atoms with Gasteiger partial charge in [-0.2, -0.15) is 0 Å². The zero-order valence-electron chi connectivity index (χ0n) is 11.1. The van der Waals surface area contributed by atoms with Gasteiger partial charge < -0.3 is 4.90 Å². The van der Waals surface area contributed by atoms with Gasteiger partial charge in [0.05, 0.1) is 0 Å². The van der Waals surface area contributed by atoms with Crippen molar-refractivity contribution in [1.29, 1.82) is 0 Å². The van der Waals surface area contributed by atoms with Gasteiger partial charge in [-0.05, 0) is 30.5 Å². The number of hydrogen-bond acceptors (Lipinski definition) is 4. The molecule has 0 spiro atoms. The maximum absolute atomic E-state index is 13.1. The number of anilines is 1. The molecule has 0 unspecified atom stereocenters. The fourth-order valence-electron chi connectivity index (χ4n) is 2.31. The van der Waals surface area contributed by atoms with Crippen molar-refractivity contribution < 1.29 is 4.39 Å². The van der Waals surface area contributed by atoms with Crippen molar-refractivity contribution in [3.63, 3.8) is 0 Å². The standard InChI is InChI=1S/C15H16FN3S/c16-13-5-3-4-12(8-13)10-20-15-9-14(17-11-18-15)19-6-1-2-7-19/h3-5,8-9,11H,1-2,6-7,10H2. The predicted molar refractivity (Wildman–Crippen MR) is 79.4 cm³/mol. The fourth-order valence-corrected chi connectivity index (χ4v) is 3.12. The number of thioether (sulfide) groups is 1. The lowest BCUT2D eigenvalue weighted by atomic mass is 10.2. The van der Waals surface area contributed by atoms with Crippen LogP contribution in [-0.4, -0.2) is 23.1 Å². The quantitative estimate of drug-likeness (QED) is 0.636. The molecule has 20 heavy (non-hydrogen) atoms. The summed E-state index contributed by atoms with van der Waals surface area (Å²) in [5, 5.41) is 0.936. The van der Waals surface area contributed by atoms with Crippen LogP contribution < -0.4 is 4.90 Å². The lowest BCUT2D eigenvalue weighted by Gasteiger charge is -2.16. The third-order valence-electron chi connectivity index (χ3n) is 3.33. The Bertz CT molecular complexity index is 585. The Hall–Kier alpha value is -1.62. The van der Waals surface area contributed by atoms with E-state index >= 15 is 0 Å². The number of nitrogens with zero attached hydrogens (tertiary/aromatic N) is 3. The van der Waals surface area contributed by atoms with E-state index in [1.807, 2.05) is 12.1 Å². The van der Waals surface area contributed by atoms with Crippen LogP contribution in [0.3, 0.4) is 0 Å². The minimum Gasteiger partial charge on any atom is -0.356 e. The SMILES string of the molecule is Fc1cccc(CSc2cc(N3CCCC3)ncn2)c1. The summed E-state index contributed by atoms with van der Waals surface area (Å²) in [5.41, 5.74) is 0.969. The third kappa shape index (κ3) is 3.28. The van der Waals surface area contributed by atoms with E-state index in [9.17, 15) is 4.39 Å². The van der Waals surface area contributed by atoms with E-state index in [2.05, 4.69) is 14.9 Å². The average molecular weight is 289 g/mol. The Morgan fingerprint density at radius 1 is 1.15 bits per heavy atom. The van der Waals surface area contributed by atoms with Gasteiger partial charge >= 0.3 is 0 Å². The van der Waals surface area contributed by atoms with Gasteiger partial charge in [0, 0.05) is 24.9 Å². The zero-order valence-corrected chi connectivity index (χ0v) is 11.9. The zero-order chi connectivity index (χ0) is 13.8. The van der Waals surface area contributed by atoms with Crippen molar-refractivity contribution in [2.45, 2.75) is 23.6 Å². The average Bonchev–Trinajstić information content (AvgIpc) is 3.00. The van der Waals surface area contributed by atoms with E-state index in [1.54, 1.807) is 30.2 Å². The van der Waals surface area contributed by atoms with Crippen LogP contribution in [0.5, 0.6) is 0 Å². The summed E-state index contributed by atoms with van der Waals surface area (Å²) in [6, 6.07) is 8.72. The van der Waals surface area contributed by atoms with Crippen LogP contribution in [0.1, 0.15) is 18.4 Å². The Morgan fingerprint density at radius 3 is 2.80 bits per heavy atom. The van der Waals surface area contributed by atoms with Crippen LogP contribution in [0.15, 0.2) is 41.7 Å². The number of hydrogen-bond donors (Lipinski definition) is 0. The second kappa shape index (κ2) is 6.22. The first kappa shape index (κ1) is 13.4. The molecule has 0 N–H and O–H groups in total. The molecule has 104 valence electrons. The van der Waals surface area contributed by atoms with E-state index < -0.39 is 0 Å². The fraction of sp³-hybridized carbons (Fsp3) is 0.333. The van der Waals surface area contributed by atoms with Crippen LogP contribution >= 0.6 is 11.8 Å². The summed E-state index contributed by atoms with van der Waals surface area (Å²) in [4.78, 5) is 10.9. The largest absolute Gasteiger partial charge is 0.356 e. The maximum Gasteiger partial charge on any atom is 0.133 e. The summed E-state index contributed by atoms with van der Waals surface area (Å²) in [6.45, 7) is 2.15. The maximum atomic E-state index is 13.1. The van der Waals surface area contributed by atoms with Crippen LogP contribution in [-0.2, 0) is 5.75 Å². The van der Waals surface area contributed by atoms with Gasteiger partial charge in [0.15, 0.2) is 0 Å². The summed E-state index contributed by atoms with van der Waals surface area (Å²) in [7, 11) is 0. The van der Waals surface area contributed by atoms with Crippen molar-refractivity contribution >= 4 is 17.6 Å². The highest BCUT2D eigenvalue weighted by Gasteiger charge is 2.14. The van der Waals surface area contributed by atoms with E-state index in [-0.39, 0.29) is 5.82 Å².